The molecular formula is C22H25N3O5. The predicted molar refractivity (Wildman–Crippen MR) is 112 cm³/mol. The van der Waals surface area contributed by atoms with E-state index < -0.39 is 11.9 Å². The van der Waals surface area contributed by atoms with E-state index in [0.717, 1.165) is 11.3 Å². The summed E-state index contributed by atoms with van der Waals surface area (Å²) >= 11 is 0. The first kappa shape index (κ1) is 21.2. The molecule has 8 heteroatoms. The van der Waals surface area contributed by atoms with Crippen LogP contribution in [0.25, 0.3) is 0 Å². The second kappa shape index (κ2) is 9.78. The Hall–Kier alpha value is -3.55. The molecule has 0 bridgehead atoms. The molecule has 1 aliphatic rings. The molecule has 0 spiro atoms. The smallest absolute Gasteiger partial charge is 0.262 e. The van der Waals surface area contributed by atoms with Gasteiger partial charge in [-0.05, 0) is 60.9 Å². The van der Waals surface area contributed by atoms with E-state index in [1.807, 2.05) is 45.0 Å². The summed E-state index contributed by atoms with van der Waals surface area (Å²) < 4.78 is 15.9. The van der Waals surface area contributed by atoms with Crippen LogP contribution >= 0.6 is 0 Å². The number of amides is 2. The van der Waals surface area contributed by atoms with E-state index in [-0.39, 0.29) is 18.6 Å². The molecule has 0 aliphatic carbocycles. The Morgan fingerprint density at radius 1 is 1.13 bits per heavy atom. The van der Waals surface area contributed by atoms with Crippen LogP contribution in [0.15, 0.2) is 47.6 Å². The van der Waals surface area contributed by atoms with Crippen LogP contribution in [0.2, 0.25) is 0 Å². The molecule has 8 nitrogen and oxygen atoms in total. The Morgan fingerprint density at radius 3 is 2.57 bits per heavy atom. The third-order valence-corrected chi connectivity index (χ3v) is 4.45. The van der Waals surface area contributed by atoms with Gasteiger partial charge in [0.1, 0.15) is 11.8 Å². The molecule has 0 saturated heterocycles. The maximum atomic E-state index is 12.6. The van der Waals surface area contributed by atoms with E-state index in [9.17, 15) is 9.59 Å². The van der Waals surface area contributed by atoms with Crippen molar-refractivity contribution in [3.8, 4) is 17.2 Å². The Kier molecular flexibility index (Phi) is 6.90. The highest BCUT2D eigenvalue weighted by atomic mass is 16.7. The summed E-state index contributed by atoms with van der Waals surface area (Å²) in [7, 11) is 0. The van der Waals surface area contributed by atoms with Crippen LogP contribution in [0.5, 0.6) is 17.2 Å². The van der Waals surface area contributed by atoms with Crippen molar-refractivity contribution in [2.45, 2.75) is 26.8 Å². The largest absolute Gasteiger partial charge is 0.494 e. The van der Waals surface area contributed by atoms with Gasteiger partial charge in [0, 0.05) is 5.56 Å². The van der Waals surface area contributed by atoms with Gasteiger partial charge >= 0.3 is 0 Å². The van der Waals surface area contributed by atoms with E-state index in [2.05, 4.69) is 15.8 Å². The van der Waals surface area contributed by atoms with Gasteiger partial charge in [-0.1, -0.05) is 13.8 Å². The van der Waals surface area contributed by atoms with Gasteiger partial charge < -0.3 is 19.5 Å². The molecule has 2 N–H and O–H groups in total. The fourth-order valence-electron chi connectivity index (χ4n) is 2.85. The first-order chi connectivity index (χ1) is 14.5. The van der Waals surface area contributed by atoms with Crippen LogP contribution in [0.1, 0.15) is 36.7 Å². The summed E-state index contributed by atoms with van der Waals surface area (Å²) in [6.07, 6.45) is 1.53. The van der Waals surface area contributed by atoms with Crippen molar-refractivity contribution in [3.63, 3.8) is 0 Å². The summed E-state index contributed by atoms with van der Waals surface area (Å²) in [5.41, 5.74) is 3.68. The van der Waals surface area contributed by atoms with Gasteiger partial charge in [0.15, 0.2) is 11.5 Å². The van der Waals surface area contributed by atoms with Gasteiger partial charge in [-0.2, -0.15) is 5.10 Å². The number of nitrogens with one attached hydrogen (secondary N) is 2. The van der Waals surface area contributed by atoms with Crippen LogP contribution in [0, 0.1) is 5.92 Å². The summed E-state index contributed by atoms with van der Waals surface area (Å²) in [5.74, 6) is 0.953. The number of carbonyl (C=O) groups excluding carboxylic acids is 2. The molecule has 1 atom stereocenters. The van der Waals surface area contributed by atoms with Crippen molar-refractivity contribution in [2.75, 3.05) is 13.4 Å². The summed E-state index contributed by atoms with van der Waals surface area (Å²) in [5, 5.41) is 6.75. The molecule has 0 fully saturated rings. The average molecular weight is 411 g/mol. The Labute approximate surface area is 175 Å². The van der Waals surface area contributed by atoms with Crippen LogP contribution < -0.4 is 25.0 Å². The topological polar surface area (TPSA) is 98.2 Å². The zero-order chi connectivity index (χ0) is 21.5. The summed E-state index contributed by atoms with van der Waals surface area (Å²) in [6.45, 7) is 6.34. The molecule has 0 saturated carbocycles. The quantitative estimate of drug-likeness (QED) is 0.514. The zero-order valence-corrected chi connectivity index (χ0v) is 17.2. The molecule has 30 heavy (non-hydrogen) atoms. The van der Waals surface area contributed by atoms with Crippen molar-refractivity contribution in [2.24, 2.45) is 11.0 Å². The zero-order valence-electron chi connectivity index (χ0n) is 17.2. The number of carbonyl (C=O) groups is 2. The monoisotopic (exact) mass is 411 g/mol. The van der Waals surface area contributed by atoms with E-state index >= 15 is 0 Å². The fraction of sp³-hybridized carbons (Fsp3) is 0.318. The third kappa shape index (κ3) is 5.28. The standard InChI is InChI=1S/C22H25N3O5/c1-4-28-17-8-5-15(6-9-17)12-23-25-22(27)20(14(2)3)24-21(26)16-7-10-18-19(11-16)30-13-29-18/h5-12,14,20H,4,13H2,1-3H3,(H,24,26)(H,25,27)/b23-12+. The Balaban J connectivity index is 1.59. The van der Waals surface area contributed by atoms with Crippen molar-refractivity contribution in [3.05, 3.63) is 53.6 Å². The third-order valence-electron chi connectivity index (χ3n) is 4.45. The van der Waals surface area contributed by atoms with Gasteiger partial charge in [0.05, 0.1) is 12.8 Å². The molecule has 1 aliphatic heterocycles. The van der Waals surface area contributed by atoms with Gasteiger partial charge in [-0.3, -0.25) is 9.59 Å². The minimum absolute atomic E-state index is 0.129. The molecule has 2 amide bonds. The molecule has 2 aromatic rings. The van der Waals surface area contributed by atoms with Gasteiger partial charge in [0.2, 0.25) is 6.79 Å². The highest BCUT2D eigenvalue weighted by molar-refractivity contribution is 5.98. The fourth-order valence-corrected chi connectivity index (χ4v) is 2.85. The van der Waals surface area contributed by atoms with Crippen molar-refractivity contribution in [1.29, 1.82) is 0 Å². The first-order valence-corrected chi connectivity index (χ1v) is 9.74. The number of hydrogen-bond acceptors (Lipinski definition) is 6. The number of fused-ring (bicyclic) bond motifs is 1. The lowest BCUT2D eigenvalue weighted by Gasteiger charge is -2.20. The second-order valence-corrected chi connectivity index (χ2v) is 7.00. The average Bonchev–Trinajstić information content (AvgIpc) is 3.21. The Morgan fingerprint density at radius 2 is 1.87 bits per heavy atom. The molecule has 158 valence electrons. The van der Waals surface area contributed by atoms with Crippen molar-refractivity contribution < 1.29 is 23.8 Å². The predicted octanol–water partition coefficient (Wildman–Crippen LogP) is 2.72. The highest BCUT2D eigenvalue weighted by Crippen LogP contribution is 2.32. The lowest BCUT2D eigenvalue weighted by molar-refractivity contribution is -0.123. The molecule has 1 unspecified atom stereocenters. The maximum Gasteiger partial charge on any atom is 0.262 e. The van der Waals surface area contributed by atoms with Gasteiger partial charge in [0.25, 0.3) is 11.8 Å². The second-order valence-electron chi connectivity index (χ2n) is 7.00. The Bertz CT molecular complexity index is 925. The minimum Gasteiger partial charge on any atom is -0.494 e. The summed E-state index contributed by atoms with van der Waals surface area (Å²) in [6, 6.07) is 11.5. The first-order valence-electron chi connectivity index (χ1n) is 9.74. The molecular weight excluding hydrogens is 386 g/mol. The van der Waals surface area contributed by atoms with E-state index in [4.69, 9.17) is 14.2 Å². The molecule has 1 heterocycles. The van der Waals surface area contributed by atoms with Crippen LogP contribution in [0.3, 0.4) is 0 Å². The molecule has 0 aromatic heterocycles. The number of nitrogens with zero attached hydrogens (tertiary/aromatic N) is 1. The van der Waals surface area contributed by atoms with E-state index in [0.29, 0.717) is 23.7 Å². The van der Waals surface area contributed by atoms with E-state index in [1.165, 1.54) is 6.21 Å². The minimum atomic E-state index is -0.750. The molecule has 3 rings (SSSR count). The van der Waals surface area contributed by atoms with Gasteiger partial charge in [-0.25, -0.2) is 5.43 Å². The number of ether oxygens (including phenoxy) is 3. The molecule has 2 aromatic carbocycles. The van der Waals surface area contributed by atoms with E-state index in [1.54, 1.807) is 18.2 Å². The number of hydrazone groups is 1. The lowest BCUT2D eigenvalue weighted by Crippen LogP contribution is -2.48. The van der Waals surface area contributed by atoms with Crippen LogP contribution in [-0.2, 0) is 4.79 Å². The van der Waals surface area contributed by atoms with Crippen molar-refractivity contribution >= 4 is 18.0 Å². The number of rotatable bonds is 8. The van der Waals surface area contributed by atoms with Crippen LogP contribution in [-0.4, -0.2) is 37.5 Å². The number of hydrogen-bond donors (Lipinski definition) is 2. The lowest BCUT2D eigenvalue weighted by atomic mass is 10.0. The SMILES string of the molecule is CCOc1ccc(/C=N/NC(=O)C(NC(=O)c2ccc3c(c2)OCO3)C(C)C)cc1. The van der Waals surface area contributed by atoms with Gasteiger partial charge in [-0.15, -0.1) is 0 Å². The normalized spacial score (nSPS) is 13.3. The van der Waals surface area contributed by atoms with Crippen molar-refractivity contribution in [1.82, 2.24) is 10.7 Å². The molecule has 0 radical (unpaired) electrons. The maximum absolute atomic E-state index is 12.6. The summed E-state index contributed by atoms with van der Waals surface area (Å²) in [4.78, 5) is 25.2. The van der Waals surface area contributed by atoms with Crippen LogP contribution in [0.4, 0.5) is 0 Å². The number of benzene rings is 2. The highest BCUT2D eigenvalue weighted by Gasteiger charge is 2.25.